The number of benzene rings is 1. The number of nitrogens with zero attached hydrogens (tertiary/aromatic N) is 1. The highest BCUT2D eigenvalue weighted by atomic mass is 16.5. The number of aliphatic imine (C=N–C) groups is 1. The van der Waals surface area contributed by atoms with Crippen LogP contribution in [0.25, 0.3) is 0 Å². The number of ether oxygens (including phenoxy) is 2. The Kier molecular flexibility index (Phi) is 7.54. The maximum Gasteiger partial charge on any atom is 0.225 e. The zero-order valence-electron chi connectivity index (χ0n) is 17.9. The fourth-order valence-corrected chi connectivity index (χ4v) is 2.93. The Bertz CT molecular complexity index is 710. The molecule has 2 rings (SSSR count). The van der Waals surface area contributed by atoms with Gasteiger partial charge < -0.3 is 25.4 Å². The zero-order chi connectivity index (χ0) is 20.7. The van der Waals surface area contributed by atoms with Crippen molar-refractivity contribution < 1.29 is 14.3 Å². The second-order valence-electron chi connectivity index (χ2n) is 7.99. The molecule has 0 aromatic heterocycles. The number of rotatable bonds is 7. The molecule has 1 heterocycles. The lowest BCUT2D eigenvalue weighted by Gasteiger charge is -2.18. The average Bonchev–Trinajstić information content (AvgIpc) is 2.99. The molecule has 0 saturated carbocycles. The molecule has 7 nitrogen and oxygen atoms in total. The molecule has 1 aromatic carbocycles. The van der Waals surface area contributed by atoms with E-state index in [-0.39, 0.29) is 17.4 Å². The standard InChI is InChI=1S/C21H34N4O3/c1-7-27-17-11-15-10-14(2)28-18(15)12-16(17)13-25-20(22-6)24-9-8-23-19(26)21(3,4)5/h11-12,14H,7-10,13H2,1-6H3,(H,23,26)(H2,22,24,25). The van der Waals surface area contributed by atoms with Crippen LogP contribution in [0.5, 0.6) is 11.5 Å². The van der Waals surface area contributed by atoms with Gasteiger partial charge >= 0.3 is 0 Å². The Morgan fingerprint density at radius 2 is 1.96 bits per heavy atom. The number of carbonyl (C=O) groups excluding carboxylic acids is 1. The highest BCUT2D eigenvalue weighted by Gasteiger charge is 2.22. The number of fused-ring (bicyclic) bond motifs is 1. The van der Waals surface area contributed by atoms with Gasteiger partial charge in [-0.05, 0) is 26.0 Å². The Hall–Kier alpha value is -2.44. The van der Waals surface area contributed by atoms with Gasteiger partial charge in [0.15, 0.2) is 5.96 Å². The SMILES string of the molecule is CCOc1cc2c(cc1CNC(=NC)NCCNC(=O)C(C)(C)C)OC(C)C2. The Balaban J connectivity index is 1.89. The van der Waals surface area contributed by atoms with E-state index in [4.69, 9.17) is 9.47 Å². The first-order valence-electron chi connectivity index (χ1n) is 9.92. The first-order chi connectivity index (χ1) is 13.2. The van der Waals surface area contributed by atoms with Gasteiger partial charge in [0.1, 0.15) is 17.6 Å². The average molecular weight is 391 g/mol. The molecule has 7 heteroatoms. The number of hydrogen-bond acceptors (Lipinski definition) is 4. The van der Waals surface area contributed by atoms with E-state index >= 15 is 0 Å². The van der Waals surface area contributed by atoms with E-state index in [1.54, 1.807) is 7.05 Å². The van der Waals surface area contributed by atoms with Crippen LogP contribution in [0.15, 0.2) is 17.1 Å². The van der Waals surface area contributed by atoms with E-state index in [0.717, 1.165) is 23.5 Å². The molecular weight excluding hydrogens is 356 g/mol. The molecule has 1 aliphatic rings. The summed E-state index contributed by atoms with van der Waals surface area (Å²) in [4.78, 5) is 16.1. The molecular formula is C21H34N4O3. The van der Waals surface area contributed by atoms with Gasteiger partial charge in [0.05, 0.1) is 6.61 Å². The van der Waals surface area contributed by atoms with Crippen LogP contribution >= 0.6 is 0 Å². The van der Waals surface area contributed by atoms with Crippen molar-refractivity contribution in [1.29, 1.82) is 0 Å². The van der Waals surface area contributed by atoms with E-state index in [2.05, 4.69) is 33.9 Å². The molecule has 156 valence electrons. The highest BCUT2D eigenvalue weighted by molar-refractivity contribution is 5.81. The monoisotopic (exact) mass is 390 g/mol. The summed E-state index contributed by atoms with van der Waals surface area (Å²) < 4.78 is 11.7. The lowest BCUT2D eigenvalue weighted by atomic mass is 9.96. The Morgan fingerprint density at radius 1 is 1.25 bits per heavy atom. The highest BCUT2D eigenvalue weighted by Crippen LogP contribution is 2.35. The van der Waals surface area contributed by atoms with E-state index in [1.807, 2.05) is 33.8 Å². The van der Waals surface area contributed by atoms with Gasteiger partial charge in [0.25, 0.3) is 0 Å². The lowest BCUT2D eigenvalue weighted by Crippen LogP contribution is -2.43. The summed E-state index contributed by atoms with van der Waals surface area (Å²) in [6.07, 6.45) is 1.11. The quantitative estimate of drug-likeness (QED) is 0.378. The zero-order valence-corrected chi connectivity index (χ0v) is 17.9. The molecule has 1 aliphatic heterocycles. The van der Waals surface area contributed by atoms with Crippen molar-refractivity contribution >= 4 is 11.9 Å². The van der Waals surface area contributed by atoms with Gasteiger partial charge in [-0.3, -0.25) is 9.79 Å². The maximum atomic E-state index is 11.9. The van der Waals surface area contributed by atoms with E-state index in [1.165, 1.54) is 5.56 Å². The largest absolute Gasteiger partial charge is 0.494 e. The topological polar surface area (TPSA) is 84.0 Å². The van der Waals surface area contributed by atoms with Crippen LogP contribution in [-0.4, -0.2) is 44.7 Å². The van der Waals surface area contributed by atoms with E-state index in [0.29, 0.717) is 32.2 Å². The molecule has 28 heavy (non-hydrogen) atoms. The van der Waals surface area contributed by atoms with Crippen molar-refractivity contribution in [2.24, 2.45) is 10.4 Å². The Labute approximate surface area is 168 Å². The summed E-state index contributed by atoms with van der Waals surface area (Å²) >= 11 is 0. The molecule has 0 spiro atoms. The van der Waals surface area contributed by atoms with Crippen LogP contribution in [0, 0.1) is 5.41 Å². The molecule has 1 unspecified atom stereocenters. The number of amides is 1. The van der Waals surface area contributed by atoms with Crippen LogP contribution in [0.1, 0.15) is 45.7 Å². The first-order valence-corrected chi connectivity index (χ1v) is 9.92. The van der Waals surface area contributed by atoms with Crippen molar-refractivity contribution in [1.82, 2.24) is 16.0 Å². The third kappa shape index (κ3) is 6.04. The predicted molar refractivity (Wildman–Crippen MR) is 112 cm³/mol. The summed E-state index contributed by atoms with van der Waals surface area (Å²) in [5.74, 6) is 2.51. The van der Waals surface area contributed by atoms with Gasteiger partial charge in [-0.2, -0.15) is 0 Å². The molecule has 0 bridgehead atoms. The summed E-state index contributed by atoms with van der Waals surface area (Å²) in [6, 6.07) is 4.13. The Morgan fingerprint density at radius 3 is 2.61 bits per heavy atom. The van der Waals surface area contributed by atoms with Gasteiger partial charge in [-0.1, -0.05) is 20.8 Å². The molecule has 0 saturated heterocycles. The van der Waals surface area contributed by atoms with E-state index in [9.17, 15) is 4.79 Å². The fourth-order valence-electron chi connectivity index (χ4n) is 2.93. The van der Waals surface area contributed by atoms with Crippen LogP contribution in [0.4, 0.5) is 0 Å². The summed E-state index contributed by atoms with van der Waals surface area (Å²) in [5.41, 5.74) is 1.83. The minimum absolute atomic E-state index is 0.0333. The van der Waals surface area contributed by atoms with Crippen molar-refractivity contribution in [3.63, 3.8) is 0 Å². The summed E-state index contributed by atoms with van der Waals surface area (Å²) in [7, 11) is 1.72. The minimum Gasteiger partial charge on any atom is -0.494 e. The first kappa shape index (κ1) is 21.9. The van der Waals surface area contributed by atoms with Gasteiger partial charge in [-0.15, -0.1) is 0 Å². The molecule has 1 atom stereocenters. The second kappa shape index (κ2) is 9.66. The number of hydrogen-bond donors (Lipinski definition) is 3. The normalized spacial score (nSPS) is 16.2. The van der Waals surface area contributed by atoms with Crippen molar-refractivity contribution in [2.75, 3.05) is 26.7 Å². The van der Waals surface area contributed by atoms with Crippen LogP contribution in [-0.2, 0) is 17.8 Å². The van der Waals surface area contributed by atoms with Crippen LogP contribution in [0.3, 0.4) is 0 Å². The van der Waals surface area contributed by atoms with Crippen LogP contribution in [0.2, 0.25) is 0 Å². The van der Waals surface area contributed by atoms with Crippen molar-refractivity contribution in [3.05, 3.63) is 23.3 Å². The predicted octanol–water partition coefficient (Wildman–Crippen LogP) is 2.24. The third-order valence-corrected chi connectivity index (χ3v) is 4.43. The minimum atomic E-state index is -0.386. The third-order valence-electron chi connectivity index (χ3n) is 4.43. The van der Waals surface area contributed by atoms with E-state index < -0.39 is 0 Å². The maximum absolute atomic E-state index is 11.9. The molecule has 1 amide bonds. The van der Waals surface area contributed by atoms with Gasteiger partial charge in [0.2, 0.25) is 5.91 Å². The number of nitrogens with one attached hydrogen (secondary N) is 3. The lowest BCUT2D eigenvalue weighted by molar-refractivity contribution is -0.128. The van der Waals surface area contributed by atoms with Crippen LogP contribution < -0.4 is 25.4 Å². The summed E-state index contributed by atoms with van der Waals surface area (Å²) in [5, 5.41) is 9.42. The molecule has 0 aliphatic carbocycles. The smallest absolute Gasteiger partial charge is 0.225 e. The number of guanidine groups is 1. The second-order valence-corrected chi connectivity index (χ2v) is 7.99. The van der Waals surface area contributed by atoms with Gasteiger partial charge in [0, 0.05) is 49.6 Å². The summed E-state index contributed by atoms with van der Waals surface area (Å²) in [6.45, 7) is 12.0. The van der Waals surface area contributed by atoms with Crippen molar-refractivity contribution in [2.45, 2.75) is 53.7 Å². The van der Waals surface area contributed by atoms with Gasteiger partial charge in [-0.25, -0.2) is 0 Å². The number of carbonyl (C=O) groups is 1. The van der Waals surface area contributed by atoms with Crippen molar-refractivity contribution in [3.8, 4) is 11.5 Å². The molecule has 1 aromatic rings. The molecule has 0 radical (unpaired) electrons. The molecule has 0 fully saturated rings. The fraction of sp³-hybridized carbons (Fsp3) is 0.619. The molecule has 3 N–H and O–H groups in total.